The summed E-state index contributed by atoms with van der Waals surface area (Å²) in [4.78, 5) is 2.45. The third-order valence-electron chi connectivity index (χ3n) is 13.2. The van der Waals surface area contributed by atoms with E-state index in [0.29, 0.717) is 0 Å². The molecule has 12 aromatic rings. The van der Waals surface area contributed by atoms with E-state index in [9.17, 15) is 0 Å². The highest BCUT2D eigenvalue weighted by Crippen LogP contribution is 2.50. The summed E-state index contributed by atoms with van der Waals surface area (Å²) in [5.41, 5.74) is 16.9. The summed E-state index contributed by atoms with van der Waals surface area (Å²) >= 11 is 0. The summed E-state index contributed by atoms with van der Waals surface area (Å²) in [7, 11) is 0. The van der Waals surface area contributed by atoms with Crippen molar-refractivity contribution in [3.8, 4) is 55.6 Å². The van der Waals surface area contributed by atoms with Crippen LogP contribution in [0, 0.1) is 0 Å². The van der Waals surface area contributed by atoms with Gasteiger partial charge >= 0.3 is 0 Å². The van der Waals surface area contributed by atoms with Gasteiger partial charge in [-0.3, -0.25) is 0 Å². The van der Waals surface area contributed by atoms with Crippen molar-refractivity contribution in [1.29, 1.82) is 0 Å². The van der Waals surface area contributed by atoms with Gasteiger partial charge in [0.05, 0.1) is 17.1 Å². The number of hydrogen-bond donors (Lipinski definition) is 1. The van der Waals surface area contributed by atoms with E-state index < -0.39 is 0 Å². The molecule has 0 heterocycles. The Morgan fingerprint density at radius 1 is 0.265 bits per heavy atom. The molecule has 2 heteroatoms. The van der Waals surface area contributed by atoms with Crippen LogP contribution >= 0.6 is 0 Å². The molecule has 12 rings (SSSR count). The van der Waals surface area contributed by atoms with Crippen molar-refractivity contribution >= 4 is 60.8 Å². The van der Waals surface area contributed by atoms with E-state index in [0.717, 1.165) is 67.2 Å². The first-order chi connectivity index (χ1) is 33.8. The molecule has 0 radical (unpaired) electrons. The second-order valence-electron chi connectivity index (χ2n) is 17.3. The van der Waals surface area contributed by atoms with Gasteiger partial charge in [-0.1, -0.05) is 237 Å². The second kappa shape index (κ2) is 17.8. The highest BCUT2D eigenvalue weighted by Gasteiger charge is 2.24. The minimum atomic E-state index is 1.02. The van der Waals surface area contributed by atoms with Crippen molar-refractivity contribution in [3.05, 3.63) is 273 Å². The first-order valence-corrected chi connectivity index (χ1v) is 23.3. The summed E-state index contributed by atoms with van der Waals surface area (Å²) in [5.74, 6) is 0. The molecule has 1 N–H and O–H groups in total. The lowest BCUT2D eigenvalue weighted by atomic mass is 9.84. The van der Waals surface area contributed by atoms with Gasteiger partial charge in [0, 0.05) is 27.9 Å². The van der Waals surface area contributed by atoms with Crippen LogP contribution in [0.3, 0.4) is 0 Å². The van der Waals surface area contributed by atoms with Crippen LogP contribution < -0.4 is 10.2 Å². The maximum absolute atomic E-state index is 4.04. The van der Waals surface area contributed by atoms with Gasteiger partial charge in [-0.15, -0.1) is 0 Å². The Morgan fingerprint density at radius 2 is 0.735 bits per heavy atom. The number of hydrogen-bond acceptors (Lipinski definition) is 2. The van der Waals surface area contributed by atoms with Gasteiger partial charge in [0.2, 0.25) is 0 Å². The lowest BCUT2D eigenvalue weighted by molar-refractivity contribution is 1.28. The largest absolute Gasteiger partial charge is 0.353 e. The van der Waals surface area contributed by atoms with Gasteiger partial charge in [-0.05, 0) is 108 Å². The van der Waals surface area contributed by atoms with Crippen molar-refractivity contribution < 1.29 is 0 Å². The van der Waals surface area contributed by atoms with Crippen molar-refractivity contribution in [2.24, 2.45) is 0 Å². The Morgan fingerprint density at radius 3 is 1.46 bits per heavy atom. The number of rotatable bonds is 10. The van der Waals surface area contributed by atoms with Gasteiger partial charge in [0.25, 0.3) is 0 Å². The number of benzene rings is 12. The van der Waals surface area contributed by atoms with Gasteiger partial charge in [-0.2, -0.15) is 0 Å². The third kappa shape index (κ3) is 7.45. The first-order valence-electron chi connectivity index (χ1n) is 23.3. The second-order valence-corrected chi connectivity index (χ2v) is 17.3. The van der Waals surface area contributed by atoms with Crippen LogP contribution in [0.1, 0.15) is 0 Å². The third-order valence-corrected chi connectivity index (χ3v) is 13.2. The van der Waals surface area contributed by atoms with E-state index in [2.05, 4.69) is 283 Å². The maximum Gasteiger partial charge on any atom is 0.0709 e. The van der Waals surface area contributed by atoms with Crippen LogP contribution in [-0.2, 0) is 0 Å². The van der Waals surface area contributed by atoms with Gasteiger partial charge in [0.15, 0.2) is 0 Å². The summed E-state index contributed by atoms with van der Waals surface area (Å²) < 4.78 is 0. The van der Waals surface area contributed by atoms with Crippen LogP contribution in [0.5, 0.6) is 0 Å². The molecule has 2 nitrogen and oxygen atoms in total. The van der Waals surface area contributed by atoms with Crippen LogP contribution in [0.2, 0.25) is 0 Å². The number of anilines is 5. The van der Waals surface area contributed by atoms with Crippen LogP contribution in [0.25, 0.3) is 88.0 Å². The summed E-state index contributed by atoms with van der Waals surface area (Å²) in [6.45, 7) is 0. The molecule has 0 aliphatic rings. The van der Waals surface area contributed by atoms with Crippen LogP contribution in [0.15, 0.2) is 273 Å². The molecule has 0 aromatic heterocycles. The number of nitrogens with one attached hydrogen (secondary N) is 1. The van der Waals surface area contributed by atoms with Gasteiger partial charge in [-0.25, -0.2) is 0 Å². The molecule has 0 saturated carbocycles. The minimum Gasteiger partial charge on any atom is -0.353 e. The monoisotopic (exact) mass is 866 g/mol. The van der Waals surface area contributed by atoms with Crippen molar-refractivity contribution in [2.75, 3.05) is 10.2 Å². The summed E-state index contributed by atoms with van der Waals surface area (Å²) in [5, 5.41) is 11.3. The predicted molar refractivity (Wildman–Crippen MR) is 291 cm³/mol. The zero-order valence-corrected chi connectivity index (χ0v) is 37.4. The molecule has 0 atom stereocenters. The summed E-state index contributed by atoms with van der Waals surface area (Å²) in [6.07, 6.45) is 0. The fourth-order valence-electron chi connectivity index (χ4n) is 10.1. The van der Waals surface area contributed by atoms with Crippen LogP contribution in [0.4, 0.5) is 28.4 Å². The molecule has 0 unspecified atom stereocenters. The Labute approximate surface area is 397 Å². The normalized spacial score (nSPS) is 11.2. The Balaban J connectivity index is 1.10. The lowest BCUT2D eigenvalue weighted by Crippen LogP contribution is -2.14. The minimum absolute atomic E-state index is 1.02. The molecule has 0 saturated heterocycles. The maximum atomic E-state index is 4.04. The van der Waals surface area contributed by atoms with Crippen molar-refractivity contribution in [3.63, 3.8) is 0 Å². The Kier molecular flexibility index (Phi) is 10.6. The smallest absolute Gasteiger partial charge is 0.0709 e. The Hall–Kier alpha value is -8.98. The van der Waals surface area contributed by atoms with E-state index >= 15 is 0 Å². The fourth-order valence-corrected chi connectivity index (χ4v) is 10.1. The average molecular weight is 867 g/mol. The molecular weight excluding hydrogens is 821 g/mol. The molecular formula is C66H46N2. The highest BCUT2D eigenvalue weighted by atomic mass is 15.2. The standard InChI is InChI=1S/C66H46N2/c1-5-22-47(23-6-1)55-35-17-18-40-62(55)68(63-41-21-38-56(48-24-7-2-8-25-48)66(63)67-61-39-20-31-46-26-13-14-34-54(46)61)53-33-19-32-51(44-53)52-42-43-58-57-36-15-16-37-59(57)64(49-27-9-3-10-28-49)65(60(58)45-52)50-29-11-4-12-30-50/h1-45,67H. The average Bonchev–Trinajstić information content (AvgIpc) is 3.42. The summed E-state index contributed by atoms with van der Waals surface area (Å²) in [6, 6.07) is 98.8. The van der Waals surface area contributed by atoms with Gasteiger partial charge < -0.3 is 10.2 Å². The predicted octanol–water partition coefficient (Wildman–Crippen LogP) is 18.7. The molecule has 12 aromatic carbocycles. The SMILES string of the molecule is c1ccc(-c2ccccc2N(c2cccc(-c3ccc4c(c3)c(-c3ccccc3)c(-c3ccccc3)c3ccccc34)c2)c2cccc(-c3ccccc3)c2Nc2cccc3ccccc23)cc1. The van der Waals surface area contributed by atoms with Crippen molar-refractivity contribution in [2.45, 2.75) is 0 Å². The van der Waals surface area contributed by atoms with E-state index in [1.54, 1.807) is 0 Å². The first kappa shape index (κ1) is 40.5. The number of para-hydroxylation sites is 2. The molecule has 320 valence electrons. The quantitative estimate of drug-likeness (QED) is 0.138. The highest BCUT2D eigenvalue weighted by molar-refractivity contribution is 6.22. The van der Waals surface area contributed by atoms with Crippen molar-refractivity contribution in [1.82, 2.24) is 0 Å². The topological polar surface area (TPSA) is 15.3 Å². The number of fused-ring (bicyclic) bond motifs is 4. The molecule has 0 bridgehead atoms. The van der Waals surface area contributed by atoms with E-state index in [1.807, 2.05) is 0 Å². The zero-order chi connectivity index (χ0) is 45.2. The lowest BCUT2D eigenvalue weighted by Gasteiger charge is -2.31. The molecule has 0 aliphatic heterocycles. The molecule has 0 amide bonds. The molecule has 68 heavy (non-hydrogen) atoms. The van der Waals surface area contributed by atoms with E-state index in [4.69, 9.17) is 0 Å². The van der Waals surface area contributed by atoms with Gasteiger partial charge in [0.1, 0.15) is 0 Å². The zero-order valence-electron chi connectivity index (χ0n) is 37.4. The molecule has 0 aliphatic carbocycles. The Bertz CT molecular complexity index is 3750. The molecule has 0 spiro atoms. The van der Waals surface area contributed by atoms with Crippen LogP contribution in [-0.4, -0.2) is 0 Å². The number of nitrogens with zero attached hydrogens (tertiary/aromatic N) is 1. The van der Waals surface area contributed by atoms with E-state index in [-0.39, 0.29) is 0 Å². The van der Waals surface area contributed by atoms with E-state index in [1.165, 1.54) is 49.2 Å². The molecule has 0 fully saturated rings. The fraction of sp³-hybridized carbons (Fsp3) is 0.